The van der Waals surface area contributed by atoms with Crippen molar-refractivity contribution >= 4 is 52.4 Å². The van der Waals surface area contributed by atoms with Gasteiger partial charge in [-0.2, -0.15) is 5.26 Å². The van der Waals surface area contributed by atoms with Crippen molar-refractivity contribution in [3.63, 3.8) is 0 Å². The summed E-state index contributed by atoms with van der Waals surface area (Å²) in [5.74, 6) is -1.15. The number of amides is 1. The molecule has 116 valence electrons. The first-order valence-corrected chi connectivity index (χ1v) is 7.37. The maximum absolute atomic E-state index is 11.8. The Balaban J connectivity index is 1.88. The van der Waals surface area contributed by atoms with Crippen LogP contribution in [0.3, 0.4) is 0 Å². The first-order valence-electron chi connectivity index (χ1n) is 6.24. The molecular weight excluding hydrogens is 351 g/mol. The van der Waals surface area contributed by atoms with E-state index < -0.39 is 28.2 Å². The van der Waals surface area contributed by atoms with Gasteiger partial charge in [0.1, 0.15) is 15.8 Å². The van der Waals surface area contributed by atoms with Crippen LogP contribution >= 0.6 is 34.8 Å². The Morgan fingerprint density at radius 3 is 2.59 bits per heavy atom. The maximum Gasteiger partial charge on any atom is 0.315 e. The molecule has 2 rings (SSSR count). The summed E-state index contributed by atoms with van der Waals surface area (Å²) in [4.78, 5) is 23.5. The zero-order valence-electron chi connectivity index (χ0n) is 11.5. The minimum atomic E-state index is -1.14. The van der Waals surface area contributed by atoms with E-state index in [2.05, 4.69) is 5.32 Å². The lowest BCUT2D eigenvalue weighted by atomic mass is 10.1. The molecule has 1 aromatic rings. The van der Waals surface area contributed by atoms with E-state index in [1.807, 2.05) is 6.07 Å². The number of nitrogens with zero attached hydrogens (tertiary/aromatic N) is 1. The topological polar surface area (TPSA) is 79.2 Å². The van der Waals surface area contributed by atoms with Gasteiger partial charge in [-0.15, -0.1) is 23.2 Å². The van der Waals surface area contributed by atoms with E-state index in [1.54, 1.807) is 6.92 Å². The van der Waals surface area contributed by atoms with Gasteiger partial charge in [-0.3, -0.25) is 9.59 Å². The van der Waals surface area contributed by atoms with Gasteiger partial charge < -0.3 is 10.1 Å². The van der Waals surface area contributed by atoms with Gasteiger partial charge in [-0.1, -0.05) is 11.6 Å². The fourth-order valence-corrected chi connectivity index (χ4v) is 2.70. The smallest absolute Gasteiger partial charge is 0.315 e. The van der Waals surface area contributed by atoms with Crippen molar-refractivity contribution < 1.29 is 14.3 Å². The van der Waals surface area contributed by atoms with Crippen LogP contribution in [-0.4, -0.2) is 22.8 Å². The van der Waals surface area contributed by atoms with Crippen LogP contribution in [0.4, 0.5) is 5.69 Å². The lowest BCUT2D eigenvalue weighted by Crippen LogP contribution is -2.26. The minimum Gasteiger partial charge on any atom is -0.455 e. The van der Waals surface area contributed by atoms with Crippen molar-refractivity contribution in [1.29, 1.82) is 5.26 Å². The molecule has 22 heavy (non-hydrogen) atoms. The molecule has 1 aliphatic rings. The second-order valence-electron chi connectivity index (χ2n) is 5.14. The summed E-state index contributed by atoms with van der Waals surface area (Å²) >= 11 is 17.6. The van der Waals surface area contributed by atoms with Crippen molar-refractivity contribution in [2.45, 2.75) is 17.7 Å². The second kappa shape index (κ2) is 5.96. The third kappa shape index (κ3) is 3.30. The second-order valence-corrected chi connectivity index (χ2v) is 7.04. The molecule has 1 fully saturated rings. The zero-order chi connectivity index (χ0) is 16.5. The zero-order valence-corrected chi connectivity index (χ0v) is 13.7. The predicted molar refractivity (Wildman–Crippen MR) is 82.9 cm³/mol. The summed E-state index contributed by atoms with van der Waals surface area (Å²) in [5, 5.41) is 11.5. The fraction of sp³-hybridized carbons (Fsp3) is 0.357. The molecule has 0 aromatic heterocycles. The summed E-state index contributed by atoms with van der Waals surface area (Å²) < 4.78 is 3.77. The van der Waals surface area contributed by atoms with Crippen molar-refractivity contribution in [2.75, 3.05) is 11.9 Å². The van der Waals surface area contributed by atoms with Crippen molar-refractivity contribution in [1.82, 2.24) is 0 Å². The first-order chi connectivity index (χ1) is 10.2. The van der Waals surface area contributed by atoms with E-state index in [9.17, 15) is 9.59 Å². The van der Waals surface area contributed by atoms with Gasteiger partial charge in [0.05, 0.1) is 10.6 Å². The molecule has 1 saturated carbocycles. The molecule has 0 heterocycles. The highest BCUT2D eigenvalue weighted by Gasteiger charge is 2.69. The van der Waals surface area contributed by atoms with Gasteiger partial charge >= 0.3 is 5.97 Å². The molecule has 0 saturated heterocycles. The highest BCUT2D eigenvalue weighted by molar-refractivity contribution is 6.53. The van der Waals surface area contributed by atoms with E-state index in [0.717, 1.165) is 0 Å². The molecule has 5 nitrogen and oxygen atoms in total. The van der Waals surface area contributed by atoms with Crippen LogP contribution in [0.5, 0.6) is 0 Å². The van der Waals surface area contributed by atoms with Gasteiger partial charge in [-0.05, 0) is 25.1 Å². The first kappa shape index (κ1) is 16.9. The number of esters is 1. The molecule has 0 bridgehead atoms. The van der Waals surface area contributed by atoms with Crippen LogP contribution in [0.1, 0.15) is 18.9 Å². The average Bonchev–Trinajstić information content (AvgIpc) is 2.96. The lowest BCUT2D eigenvalue weighted by Gasteiger charge is -2.12. The Morgan fingerprint density at radius 1 is 1.45 bits per heavy atom. The molecule has 1 N–H and O–H groups in total. The van der Waals surface area contributed by atoms with E-state index in [1.165, 1.54) is 18.2 Å². The lowest BCUT2D eigenvalue weighted by molar-refractivity contribution is -0.152. The number of hydrogen-bond acceptors (Lipinski definition) is 4. The van der Waals surface area contributed by atoms with Crippen LogP contribution < -0.4 is 5.32 Å². The monoisotopic (exact) mass is 360 g/mol. The number of carbonyl (C=O) groups is 2. The highest BCUT2D eigenvalue weighted by atomic mass is 35.5. The SMILES string of the molecule is C[C@]1(C(=O)OCC(=O)Nc2ccc(C#N)c(Cl)c2)CC1(Cl)Cl. The van der Waals surface area contributed by atoms with E-state index >= 15 is 0 Å². The number of benzene rings is 1. The number of nitriles is 1. The fourth-order valence-electron chi connectivity index (χ4n) is 1.79. The standard InChI is InChI=1S/C14H11Cl3N2O3/c1-13(7-14(13,16)17)12(21)22-6-11(20)19-9-3-2-8(5-18)10(15)4-9/h2-4H,6-7H2,1H3,(H,19,20)/t13-/m1/s1. The van der Waals surface area contributed by atoms with E-state index in [4.69, 9.17) is 44.8 Å². The van der Waals surface area contributed by atoms with Crippen LogP contribution in [0.2, 0.25) is 5.02 Å². The average molecular weight is 362 g/mol. The number of halogens is 3. The number of hydrogen-bond donors (Lipinski definition) is 1. The van der Waals surface area contributed by atoms with Crippen molar-refractivity contribution in [2.24, 2.45) is 5.41 Å². The Hall–Kier alpha value is -1.48. The summed E-state index contributed by atoms with van der Waals surface area (Å²) in [6.07, 6.45) is 0.287. The largest absolute Gasteiger partial charge is 0.455 e. The Bertz CT molecular complexity index is 684. The predicted octanol–water partition coefficient (Wildman–Crippen LogP) is 3.28. The van der Waals surface area contributed by atoms with Crippen molar-refractivity contribution in [3.8, 4) is 6.07 Å². The van der Waals surface area contributed by atoms with Crippen LogP contribution in [-0.2, 0) is 14.3 Å². The Kier molecular flexibility index (Phi) is 4.57. The summed E-state index contributed by atoms with van der Waals surface area (Å²) in [6.45, 7) is 1.11. The number of alkyl halides is 2. The van der Waals surface area contributed by atoms with Gasteiger partial charge in [0.25, 0.3) is 5.91 Å². The molecule has 0 aliphatic heterocycles. The number of ether oxygens (including phenoxy) is 1. The molecule has 0 unspecified atom stereocenters. The third-order valence-electron chi connectivity index (χ3n) is 3.42. The van der Waals surface area contributed by atoms with Gasteiger partial charge in [0, 0.05) is 12.1 Å². The van der Waals surface area contributed by atoms with Crippen LogP contribution in [0.25, 0.3) is 0 Å². The Morgan fingerprint density at radius 2 is 2.09 bits per heavy atom. The molecule has 1 atom stereocenters. The molecule has 0 radical (unpaired) electrons. The summed E-state index contributed by atoms with van der Waals surface area (Å²) in [7, 11) is 0. The van der Waals surface area contributed by atoms with Crippen molar-refractivity contribution in [3.05, 3.63) is 28.8 Å². The molecule has 1 amide bonds. The Labute approximate surface area is 142 Å². The highest BCUT2D eigenvalue weighted by Crippen LogP contribution is 2.64. The number of rotatable bonds is 4. The van der Waals surface area contributed by atoms with Gasteiger partial charge in [-0.25, -0.2) is 0 Å². The summed E-state index contributed by atoms with van der Waals surface area (Å²) in [5.41, 5.74) is -0.284. The van der Waals surface area contributed by atoms with Gasteiger partial charge in [0.15, 0.2) is 6.61 Å². The molecular formula is C14H11Cl3N2O3. The van der Waals surface area contributed by atoms with Gasteiger partial charge in [0.2, 0.25) is 0 Å². The summed E-state index contributed by atoms with van der Waals surface area (Å²) in [6, 6.07) is 6.34. The number of carbonyl (C=O) groups excluding carboxylic acids is 2. The molecule has 1 aliphatic carbocycles. The number of anilines is 1. The minimum absolute atomic E-state index is 0.219. The number of nitrogens with one attached hydrogen (secondary N) is 1. The third-order valence-corrected chi connectivity index (χ3v) is 4.83. The molecule has 1 aromatic carbocycles. The van der Waals surface area contributed by atoms with Crippen LogP contribution in [0, 0.1) is 16.7 Å². The molecule has 0 spiro atoms. The quantitative estimate of drug-likeness (QED) is 0.659. The maximum atomic E-state index is 11.8. The van der Waals surface area contributed by atoms with Crippen LogP contribution in [0.15, 0.2) is 18.2 Å². The molecule has 8 heteroatoms. The van der Waals surface area contributed by atoms with E-state index in [0.29, 0.717) is 11.3 Å². The normalized spacial score (nSPS) is 21.6. The van der Waals surface area contributed by atoms with E-state index in [-0.39, 0.29) is 11.4 Å².